The molecule has 122 valence electrons. The second-order valence-corrected chi connectivity index (χ2v) is 5.13. The summed E-state index contributed by atoms with van der Waals surface area (Å²) in [5, 5.41) is 18.7. The highest BCUT2D eigenvalue weighted by molar-refractivity contribution is 6.07. The number of benzene rings is 2. The standard InChI is InChI=1S/C18H17N3O3/c1-11(16(22)21-18(19)20)10-15-13(12-6-3-2-4-7-12)8-5-9-14(15)17(23)24/h2-10H,1H3,(H,23,24)(H4,19,20,21,22)/b11-10+. The van der Waals surface area contributed by atoms with Gasteiger partial charge in [0.2, 0.25) is 0 Å². The normalized spacial score (nSPS) is 11.0. The summed E-state index contributed by atoms with van der Waals surface area (Å²) < 4.78 is 0. The predicted molar refractivity (Wildman–Crippen MR) is 92.5 cm³/mol. The molecule has 0 aromatic heterocycles. The van der Waals surface area contributed by atoms with Gasteiger partial charge in [-0.2, -0.15) is 0 Å². The molecule has 0 aliphatic carbocycles. The van der Waals surface area contributed by atoms with E-state index < -0.39 is 17.8 Å². The number of guanidine groups is 1. The Morgan fingerprint density at radius 1 is 1.12 bits per heavy atom. The molecule has 5 N–H and O–H groups in total. The van der Waals surface area contributed by atoms with Crippen molar-refractivity contribution in [2.75, 3.05) is 0 Å². The van der Waals surface area contributed by atoms with E-state index >= 15 is 0 Å². The van der Waals surface area contributed by atoms with E-state index in [-0.39, 0.29) is 11.1 Å². The molecule has 2 aromatic rings. The highest BCUT2D eigenvalue weighted by Gasteiger charge is 2.15. The SMILES string of the molecule is C/C(=C\c1c(C(=O)O)cccc1-c1ccccc1)C(=O)NC(=N)N. The third kappa shape index (κ3) is 3.86. The van der Waals surface area contributed by atoms with Gasteiger partial charge >= 0.3 is 5.97 Å². The lowest BCUT2D eigenvalue weighted by Gasteiger charge is -2.11. The van der Waals surface area contributed by atoms with Gasteiger partial charge in [0.05, 0.1) is 5.56 Å². The van der Waals surface area contributed by atoms with Crippen LogP contribution in [0.5, 0.6) is 0 Å². The maximum atomic E-state index is 11.9. The van der Waals surface area contributed by atoms with Crippen molar-refractivity contribution in [2.45, 2.75) is 6.92 Å². The summed E-state index contributed by atoms with van der Waals surface area (Å²) in [5.41, 5.74) is 7.45. The van der Waals surface area contributed by atoms with Crippen molar-refractivity contribution in [1.82, 2.24) is 5.32 Å². The van der Waals surface area contributed by atoms with Crippen LogP contribution in [-0.2, 0) is 4.79 Å². The Morgan fingerprint density at radius 3 is 2.38 bits per heavy atom. The number of amides is 1. The Morgan fingerprint density at radius 2 is 1.79 bits per heavy atom. The number of carbonyl (C=O) groups excluding carboxylic acids is 1. The summed E-state index contributed by atoms with van der Waals surface area (Å²) >= 11 is 0. The number of carboxylic acids is 1. The van der Waals surface area contributed by atoms with Crippen LogP contribution < -0.4 is 11.1 Å². The predicted octanol–water partition coefficient (Wildman–Crippen LogP) is 2.46. The first-order valence-corrected chi connectivity index (χ1v) is 7.15. The third-order valence-electron chi connectivity index (χ3n) is 3.39. The molecule has 1 amide bonds. The van der Waals surface area contributed by atoms with E-state index in [4.69, 9.17) is 11.1 Å². The first kappa shape index (κ1) is 17.0. The Labute approximate surface area is 139 Å². The van der Waals surface area contributed by atoms with Crippen molar-refractivity contribution >= 4 is 23.9 Å². The molecule has 2 aromatic carbocycles. The average molecular weight is 323 g/mol. The molecule has 0 spiro atoms. The zero-order valence-corrected chi connectivity index (χ0v) is 13.0. The minimum Gasteiger partial charge on any atom is -0.478 e. The number of nitrogens with one attached hydrogen (secondary N) is 2. The van der Waals surface area contributed by atoms with Gasteiger partial charge in [0, 0.05) is 5.57 Å². The highest BCUT2D eigenvalue weighted by atomic mass is 16.4. The van der Waals surface area contributed by atoms with Crippen LogP contribution in [0.4, 0.5) is 0 Å². The van der Waals surface area contributed by atoms with Crippen molar-refractivity contribution in [1.29, 1.82) is 5.41 Å². The van der Waals surface area contributed by atoms with E-state index in [1.807, 2.05) is 30.3 Å². The van der Waals surface area contributed by atoms with E-state index in [9.17, 15) is 14.7 Å². The van der Waals surface area contributed by atoms with E-state index in [1.165, 1.54) is 19.1 Å². The third-order valence-corrected chi connectivity index (χ3v) is 3.39. The zero-order chi connectivity index (χ0) is 17.7. The molecule has 0 unspecified atom stereocenters. The maximum Gasteiger partial charge on any atom is 0.336 e. The Balaban J connectivity index is 2.60. The van der Waals surface area contributed by atoms with Gasteiger partial charge in [-0.1, -0.05) is 42.5 Å². The fraction of sp³-hybridized carbons (Fsp3) is 0.0556. The first-order chi connectivity index (χ1) is 11.4. The number of carbonyl (C=O) groups is 2. The molecular formula is C18H17N3O3. The zero-order valence-electron chi connectivity index (χ0n) is 13.0. The monoisotopic (exact) mass is 323 g/mol. The average Bonchev–Trinajstić information content (AvgIpc) is 2.55. The second-order valence-electron chi connectivity index (χ2n) is 5.13. The molecule has 0 bridgehead atoms. The topological polar surface area (TPSA) is 116 Å². The van der Waals surface area contributed by atoms with Crippen LogP contribution in [0.15, 0.2) is 54.1 Å². The molecule has 0 aliphatic rings. The summed E-state index contributed by atoms with van der Waals surface area (Å²) in [7, 11) is 0. The van der Waals surface area contributed by atoms with Gasteiger partial charge in [-0.15, -0.1) is 0 Å². The number of hydrogen-bond donors (Lipinski definition) is 4. The molecule has 0 atom stereocenters. The van der Waals surface area contributed by atoms with Gasteiger partial charge in [-0.05, 0) is 35.8 Å². The van der Waals surface area contributed by atoms with Crippen LogP contribution in [0.3, 0.4) is 0 Å². The lowest BCUT2D eigenvalue weighted by atomic mass is 9.94. The van der Waals surface area contributed by atoms with Gasteiger partial charge < -0.3 is 10.8 Å². The van der Waals surface area contributed by atoms with Crippen molar-refractivity contribution in [3.8, 4) is 11.1 Å². The molecule has 0 fully saturated rings. The van der Waals surface area contributed by atoms with Crippen LogP contribution in [0.2, 0.25) is 0 Å². The quantitative estimate of drug-likeness (QED) is 0.393. The van der Waals surface area contributed by atoms with Crippen molar-refractivity contribution in [3.05, 3.63) is 65.2 Å². The highest BCUT2D eigenvalue weighted by Crippen LogP contribution is 2.28. The fourth-order valence-electron chi connectivity index (χ4n) is 2.28. The van der Waals surface area contributed by atoms with Gasteiger partial charge in [0.15, 0.2) is 5.96 Å². The minimum absolute atomic E-state index is 0.0892. The lowest BCUT2D eigenvalue weighted by molar-refractivity contribution is -0.116. The van der Waals surface area contributed by atoms with Crippen molar-refractivity contribution in [2.24, 2.45) is 5.73 Å². The minimum atomic E-state index is -1.08. The van der Waals surface area contributed by atoms with Crippen LogP contribution >= 0.6 is 0 Å². The first-order valence-electron chi connectivity index (χ1n) is 7.15. The molecule has 2 rings (SSSR count). The van der Waals surface area contributed by atoms with Crippen molar-refractivity contribution < 1.29 is 14.7 Å². The number of carboxylic acid groups (broad SMARTS) is 1. The Bertz CT molecular complexity index is 827. The van der Waals surface area contributed by atoms with Gasteiger partial charge in [0.25, 0.3) is 5.91 Å². The van der Waals surface area contributed by atoms with E-state index in [0.29, 0.717) is 11.1 Å². The number of rotatable bonds is 4. The number of aromatic carboxylic acids is 1. The molecule has 24 heavy (non-hydrogen) atoms. The number of hydrogen-bond acceptors (Lipinski definition) is 3. The lowest BCUT2D eigenvalue weighted by Crippen LogP contribution is -2.36. The van der Waals surface area contributed by atoms with E-state index in [1.54, 1.807) is 12.1 Å². The summed E-state index contributed by atoms with van der Waals surface area (Å²) in [6, 6.07) is 14.2. The largest absolute Gasteiger partial charge is 0.478 e. The summed E-state index contributed by atoms with van der Waals surface area (Å²) in [6.45, 7) is 1.53. The molecule has 6 heteroatoms. The van der Waals surface area contributed by atoms with Crippen LogP contribution in [0.1, 0.15) is 22.8 Å². The molecule has 0 aliphatic heterocycles. The second kappa shape index (κ2) is 7.23. The molecule has 0 saturated heterocycles. The van der Waals surface area contributed by atoms with E-state index in [0.717, 1.165) is 5.56 Å². The molecule has 0 radical (unpaired) electrons. The summed E-state index contributed by atoms with van der Waals surface area (Å²) in [6.07, 6.45) is 1.49. The summed E-state index contributed by atoms with van der Waals surface area (Å²) in [5.74, 6) is -2.11. The van der Waals surface area contributed by atoms with E-state index in [2.05, 4.69) is 5.32 Å². The van der Waals surface area contributed by atoms with Crippen molar-refractivity contribution in [3.63, 3.8) is 0 Å². The maximum absolute atomic E-state index is 11.9. The number of nitrogens with two attached hydrogens (primary N) is 1. The Hall–Kier alpha value is -3.41. The van der Waals surface area contributed by atoms with Gasteiger partial charge in [0.1, 0.15) is 0 Å². The molecule has 6 nitrogen and oxygen atoms in total. The van der Waals surface area contributed by atoms with Gasteiger partial charge in [-0.3, -0.25) is 15.5 Å². The van der Waals surface area contributed by atoms with Crippen LogP contribution in [0.25, 0.3) is 17.2 Å². The smallest absolute Gasteiger partial charge is 0.336 e. The Kier molecular flexibility index (Phi) is 5.11. The molecule has 0 saturated carbocycles. The van der Waals surface area contributed by atoms with Gasteiger partial charge in [-0.25, -0.2) is 4.79 Å². The van der Waals surface area contributed by atoms with Crippen LogP contribution in [0, 0.1) is 5.41 Å². The molecule has 0 heterocycles. The fourth-order valence-corrected chi connectivity index (χ4v) is 2.28. The molecular weight excluding hydrogens is 306 g/mol. The van der Waals surface area contributed by atoms with Crippen LogP contribution in [-0.4, -0.2) is 22.9 Å². The summed E-state index contributed by atoms with van der Waals surface area (Å²) in [4.78, 5) is 23.5.